The fourth-order valence-electron chi connectivity index (χ4n) is 2.05. The molecule has 1 aliphatic rings. The Kier molecular flexibility index (Phi) is 3.85. The van der Waals surface area contributed by atoms with Gasteiger partial charge in [0.2, 0.25) is 0 Å². The maximum atomic E-state index is 11.6. The molecule has 0 spiro atoms. The van der Waals surface area contributed by atoms with Gasteiger partial charge >= 0.3 is 0 Å². The van der Waals surface area contributed by atoms with Gasteiger partial charge in [0.05, 0.1) is 16.5 Å². The van der Waals surface area contributed by atoms with Crippen molar-refractivity contribution < 1.29 is 8.42 Å². The number of hydrogen-bond donors (Lipinski definition) is 1. The molecule has 4 nitrogen and oxygen atoms in total. The Bertz CT molecular complexity index is 481. The van der Waals surface area contributed by atoms with Crippen LogP contribution in [0.5, 0.6) is 0 Å². The van der Waals surface area contributed by atoms with Crippen LogP contribution in [-0.2, 0) is 9.84 Å². The molecular weight excluding hydrogens is 256 g/mol. The van der Waals surface area contributed by atoms with Gasteiger partial charge in [0.25, 0.3) is 0 Å². The van der Waals surface area contributed by atoms with Gasteiger partial charge in [0.15, 0.2) is 9.84 Å². The minimum atomic E-state index is -2.85. The second-order valence-corrected chi connectivity index (χ2v) is 8.01. The van der Waals surface area contributed by atoms with Gasteiger partial charge in [-0.1, -0.05) is 6.92 Å². The van der Waals surface area contributed by atoms with Crippen molar-refractivity contribution in [3.63, 3.8) is 0 Å². The molecule has 1 saturated heterocycles. The topological polar surface area (TPSA) is 73.0 Å². The summed E-state index contributed by atoms with van der Waals surface area (Å²) in [6.07, 6.45) is 3.54. The van der Waals surface area contributed by atoms with Gasteiger partial charge in [-0.25, -0.2) is 13.4 Å². The maximum absolute atomic E-state index is 11.6. The second kappa shape index (κ2) is 5.04. The number of rotatable bonds is 3. The van der Waals surface area contributed by atoms with Crippen LogP contribution in [0.1, 0.15) is 41.5 Å². The number of nitrogens with zero attached hydrogens (tertiary/aromatic N) is 1. The molecule has 1 fully saturated rings. The average molecular weight is 274 g/mol. The van der Waals surface area contributed by atoms with Gasteiger partial charge in [-0.05, 0) is 19.4 Å². The highest BCUT2D eigenvalue weighted by Gasteiger charge is 2.28. The van der Waals surface area contributed by atoms with E-state index in [-0.39, 0.29) is 11.7 Å². The predicted molar refractivity (Wildman–Crippen MR) is 70.2 cm³/mol. The number of aromatic nitrogens is 1. The van der Waals surface area contributed by atoms with Crippen LogP contribution in [-0.4, -0.2) is 31.5 Å². The lowest BCUT2D eigenvalue weighted by molar-refractivity contribution is 0.553. The highest BCUT2D eigenvalue weighted by atomic mass is 32.2. The molecule has 2 unspecified atom stereocenters. The van der Waals surface area contributed by atoms with E-state index in [0.29, 0.717) is 18.2 Å². The van der Waals surface area contributed by atoms with Crippen molar-refractivity contribution >= 4 is 21.2 Å². The number of hydrogen-bond acceptors (Lipinski definition) is 5. The van der Waals surface area contributed by atoms with Gasteiger partial charge < -0.3 is 5.73 Å². The third kappa shape index (κ3) is 3.05. The van der Waals surface area contributed by atoms with Crippen LogP contribution in [0.2, 0.25) is 0 Å². The van der Waals surface area contributed by atoms with Crippen LogP contribution in [0.25, 0.3) is 0 Å². The van der Waals surface area contributed by atoms with E-state index >= 15 is 0 Å². The SMILES string of the molecule is CC(CN)c1cnc(C2CCCS(=O)(=O)C2)s1. The fraction of sp³-hybridized carbons (Fsp3) is 0.727. The first kappa shape index (κ1) is 13.0. The number of sulfone groups is 1. The standard InChI is InChI=1S/C11H18N2O2S2/c1-8(5-12)10-6-13-11(16-10)9-3-2-4-17(14,15)7-9/h6,8-9H,2-5,7,12H2,1H3. The third-order valence-electron chi connectivity index (χ3n) is 3.19. The van der Waals surface area contributed by atoms with Crippen LogP contribution in [0.3, 0.4) is 0 Å². The minimum Gasteiger partial charge on any atom is -0.330 e. The van der Waals surface area contributed by atoms with Crippen molar-refractivity contribution in [2.24, 2.45) is 5.73 Å². The van der Waals surface area contributed by atoms with Crippen molar-refractivity contribution in [3.8, 4) is 0 Å². The Morgan fingerprint density at radius 2 is 2.41 bits per heavy atom. The molecule has 2 heterocycles. The fourth-order valence-corrected chi connectivity index (χ4v) is 4.98. The van der Waals surface area contributed by atoms with Crippen molar-refractivity contribution in [2.45, 2.75) is 31.6 Å². The van der Waals surface area contributed by atoms with Crippen molar-refractivity contribution in [1.82, 2.24) is 4.98 Å². The zero-order chi connectivity index (χ0) is 12.5. The highest BCUT2D eigenvalue weighted by molar-refractivity contribution is 7.91. The summed E-state index contributed by atoms with van der Waals surface area (Å²) in [7, 11) is -2.85. The molecule has 0 saturated carbocycles. The number of nitrogens with two attached hydrogens (primary N) is 1. The minimum absolute atomic E-state index is 0.0949. The van der Waals surface area contributed by atoms with Crippen LogP contribution in [0.15, 0.2) is 6.20 Å². The van der Waals surface area contributed by atoms with E-state index in [4.69, 9.17) is 5.73 Å². The monoisotopic (exact) mass is 274 g/mol. The van der Waals surface area contributed by atoms with E-state index in [9.17, 15) is 8.42 Å². The van der Waals surface area contributed by atoms with Crippen molar-refractivity contribution in [3.05, 3.63) is 16.1 Å². The third-order valence-corrected chi connectivity index (χ3v) is 6.41. The molecule has 0 aromatic carbocycles. The summed E-state index contributed by atoms with van der Waals surface area (Å²) < 4.78 is 23.2. The first-order valence-corrected chi connectivity index (χ1v) is 8.51. The van der Waals surface area contributed by atoms with Crippen molar-refractivity contribution in [2.75, 3.05) is 18.1 Å². The second-order valence-electron chi connectivity index (χ2n) is 4.69. The van der Waals surface area contributed by atoms with E-state index in [1.54, 1.807) is 11.3 Å². The quantitative estimate of drug-likeness (QED) is 0.906. The molecule has 1 aliphatic heterocycles. The summed E-state index contributed by atoms with van der Waals surface area (Å²) >= 11 is 1.62. The Balaban J connectivity index is 2.15. The Labute approximate surface area is 106 Å². The van der Waals surface area contributed by atoms with Crippen LogP contribution < -0.4 is 5.73 Å². The lowest BCUT2D eigenvalue weighted by Crippen LogP contribution is -2.23. The summed E-state index contributed by atoms with van der Waals surface area (Å²) in [5.74, 6) is 0.997. The lowest BCUT2D eigenvalue weighted by Gasteiger charge is -2.19. The largest absolute Gasteiger partial charge is 0.330 e. The zero-order valence-corrected chi connectivity index (χ0v) is 11.6. The van der Waals surface area contributed by atoms with Gasteiger partial charge in [0, 0.05) is 22.9 Å². The molecule has 17 heavy (non-hydrogen) atoms. The Morgan fingerprint density at radius 3 is 3.06 bits per heavy atom. The summed E-state index contributed by atoms with van der Waals surface area (Å²) in [5.41, 5.74) is 5.62. The molecule has 6 heteroatoms. The predicted octanol–water partition coefficient (Wildman–Crippen LogP) is 1.50. The lowest BCUT2D eigenvalue weighted by atomic mass is 10.1. The molecular formula is C11H18N2O2S2. The van der Waals surface area contributed by atoms with Crippen LogP contribution in [0, 0.1) is 0 Å². The maximum Gasteiger partial charge on any atom is 0.151 e. The van der Waals surface area contributed by atoms with Crippen molar-refractivity contribution in [1.29, 1.82) is 0 Å². The first-order chi connectivity index (χ1) is 8.02. The summed E-state index contributed by atoms with van der Waals surface area (Å²) in [4.78, 5) is 5.53. The molecule has 2 N–H and O–H groups in total. The first-order valence-electron chi connectivity index (χ1n) is 5.88. The Hall–Kier alpha value is -0.460. The molecule has 1 aromatic heterocycles. The zero-order valence-electron chi connectivity index (χ0n) is 9.93. The van der Waals surface area contributed by atoms with Gasteiger partial charge in [0.1, 0.15) is 0 Å². The molecule has 96 valence electrons. The molecule has 1 aromatic rings. The average Bonchev–Trinajstić information content (AvgIpc) is 2.76. The normalized spacial score (nSPS) is 25.6. The highest BCUT2D eigenvalue weighted by Crippen LogP contribution is 2.33. The molecule has 0 bridgehead atoms. The van der Waals surface area contributed by atoms with Crippen LogP contribution >= 0.6 is 11.3 Å². The van der Waals surface area contributed by atoms with Gasteiger partial charge in [-0.2, -0.15) is 0 Å². The molecule has 2 atom stereocenters. The summed E-state index contributed by atoms with van der Waals surface area (Å²) in [6.45, 7) is 2.67. The molecule has 2 rings (SSSR count). The Morgan fingerprint density at radius 1 is 1.65 bits per heavy atom. The van der Waals surface area contributed by atoms with E-state index in [1.165, 1.54) is 0 Å². The van der Waals surface area contributed by atoms with Crippen LogP contribution in [0.4, 0.5) is 0 Å². The van der Waals surface area contributed by atoms with E-state index in [2.05, 4.69) is 11.9 Å². The molecule has 0 aliphatic carbocycles. The number of thiazole rings is 1. The van der Waals surface area contributed by atoms with E-state index in [0.717, 1.165) is 22.7 Å². The van der Waals surface area contributed by atoms with Gasteiger partial charge in [-0.15, -0.1) is 11.3 Å². The summed E-state index contributed by atoms with van der Waals surface area (Å²) in [5, 5.41) is 0.962. The van der Waals surface area contributed by atoms with E-state index < -0.39 is 9.84 Å². The van der Waals surface area contributed by atoms with E-state index in [1.807, 2.05) is 6.20 Å². The van der Waals surface area contributed by atoms with Gasteiger partial charge in [-0.3, -0.25) is 0 Å². The molecule has 0 radical (unpaired) electrons. The smallest absolute Gasteiger partial charge is 0.151 e. The molecule has 0 amide bonds. The summed E-state index contributed by atoms with van der Waals surface area (Å²) in [6, 6.07) is 0.